The van der Waals surface area contributed by atoms with Crippen LogP contribution in [0, 0.1) is 11.8 Å². The molecule has 0 radical (unpaired) electrons. The number of methoxy groups -OCH3 is 2. The smallest absolute Gasteiger partial charge is 0.320 e. The van der Waals surface area contributed by atoms with Crippen LogP contribution in [-0.2, 0) is 28.7 Å². The van der Waals surface area contributed by atoms with E-state index in [1.807, 2.05) is 0 Å². The summed E-state index contributed by atoms with van der Waals surface area (Å²) in [4.78, 5) is 59.2. The summed E-state index contributed by atoms with van der Waals surface area (Å²) in [5, 5.41) is 4.97. The van der Waals surface area contributed by atoms with Gasteiger partial charge >= 0.3 is 11.9 Å². The van der Waals surface area contributed by atoms with Crippen LogP contribution in [-0.4, -0.2) is 49.9 Å². The van der Waals surface area contributed by atoms with Gasteiger partial charge in [0, 0.05) is 24.1 Å². The first kappa shape index (κ1) is 22.6. The largest absolute Gasteiger partial charge is 0.468 e. The molecule has 0 fully saturated rings. The van der Waals surface area contributed by atoms with Crippen molar-refractivity contribution in [3.05, 3.63) is 29.8 Å². The van der Waals surface area contributed by atoms with Crippen molar-refractivity contribution in [1.82, 2.24) is 5.32 Å². The summed E-state index contributed by atoms with van der Waals surface area (Å²) in [5.41, 5.74) is 6.03. The molecule has 4 N–H and O–H groups in total. The molecule has 10 heteroatoms. The molecule has 28 heavy (non-hydrogen) atoms. The van der Waals surface area contributed by atoms with Crippen LogP contribution >= 0.6 is 0 Å². The van der Waals surface area contributed by atoms with Gasteiger partial charge in [-0.3, -0.25) is 24.0 Å². The number of esters is 2. The van der Waals surface area contributed by atoms with Gasteiger partial charge in [-0.2, -0.15) is 0 Å². The molecule has 1 aromatic carbocycles. The second kappa shape index (κ2) is 10.0. The third-order valence-electron chi connectivity index (χ3n) is 4.02. The predicted molar refractivity (Wildman–Crippen MR) is 97.9 cm³/mol. The summed E-state index contributed by atoms with van der Waals surface area (Å²) in [6.45, 7) is 2.74. The van der Waals surface area contributed by atoms with Gasteiger partial charge in [-0.1, -0.05) is 6.92 Å². The minimum atomic E-state index is -1.45. The fourth-order valence-electron chi connectivity index (χ4n) is 2.57. The van der Waals surface area contributed by atoms with E-state index < -0.39 is 41.6 Å². The van der Waals surface area contributed by atoms with Crippen LogP contribution in [0.3, 0.4) is 0 Å². The summed E-state index contributed by atoms with van der Waals surface area (Å²) in [6, 6.07) is 4.53. The molecule has 0 unspecified atom stereocenters. The number of primary amides is 1. The highest BCUT2D eigenvalue weighted by molar-refractivity contribution is 6.00. The number of carbonyl (C=O) groups is 5. The van der Waals surface area contributed by atoms with Crippen LogP contribution in [0.5, 0.6) is 0 Å². The lowest BCUT2D eigenvalue weighted by Crippen LogP contribution is -2.52. The van der Waals surface area contributed by atoms with Crippen molar-refractivity contribution in [2.45, 2.75) is 19.9 Å². The summed E-state index contributed by atoms with van der Waals surface area (Å²) < 4.78 is 9.16. The van der Waals surface area contributed by atoms with Crippen molar-refractivity contribution in [1.29, 1.82) is 0 Å². The van der Waals surface area contributed by atoms with E-state index in [-0.39, 0.29) is 11.5 Å². The molecule has 0 aromatic heterocycles. The fourth-order valence-corrected chi connectivity index (χ4v) is 2.57. The average molecular weight is 393 g/mol. The first-order chi connectivity index (χ1) is 13.1. The molecule has 1 aromatic rings. The summed E-state index contributed by atoms with van der Waals surface area (Å²) in [6.07, 6.45) is 0. The van der Waals surface area contributed by atoms with E-state index >= 15 is 0 Å². The summed E-state index contributed by atoms with van der Waals surface area (Å²) >= 11 is 0. The molecule has 1 rings (SSSR count). The number of rotatable bonds is 8. The molecule has 152 valence electrons. The van der Waals surface area contributed by atoms with Crippen molar-refractivity contribution in [2.24, 2.45) is 17.6 Å². The minimum absolute atomic E-state index is 0.181. The number of hydrogen-bond acceptors (Lipinski definition) is 7. The predicted octanol–water partition coefficient (Wildman–Crippen LogP) is -0.173. The summed E-state index contributed by atoms with van der Waals surface area (Å²) in [7, 11) is 2.17. The second-order valence-corrected chi connectivity index (χ2v) is 6.00. The number of anilines is 1. The average Bonchev–Trinajstić information content (AvgIpc) is 2.65. The molecule has 0 saturated heterocycles. The fraction of sp³-hybridized carbons (Fsp3) is 0.389. The Morgan fingerprint density at radius 1 is 0.964 bits per heavy atom. The highest BCUT2D eigenvalue weighted by Gasteiger charge is 2.41. The lowest BCUT2D eigenvalue weighted by Gasteiger charge is -2.26. The third-order valence-corrected chi connectivity index (χ3v) is 4.02. The Kier molecular flexibility index (Phi) is 8.11. The second-order valence-electron chi connectivity index (χ2n) is 6.00. The van der Waals surface area contributed by atoms with Gasteiger partial charge in [-0.05, 0) is 24.3 Å². The lowest BCUT2D eigenvalue weighted by atomic mass is 9.86. The zero-order valence-corrected chi connectivity index (χ0v) is 16.0. The van der Waals surface area contributed by atoms with Gasteiger partial charge < -0.3 is 25.8 Å². The Bertz CT molecular complexity index is 745. The number of carbonyl (C=O) groups excluding carboxylic acids is 5. The van der Waals surface area contributed by atoms with E-state index in [0.717, 1.165) is 14.2 Å². The van der Waals surface area contributed by atoms with Crippen LogP contribution in [0.2, 0.25) is 0 Å². The highest BCUT2D eigenvalue weighted by atomic mass is 16.5. The number of nitrogens with one attached hydrogen (secondary N) is 2. The molecule has 0 heterocycles. The standard InChI is InChI=1S/C18H23N3O7/c1-9(13(17(25)27-3)18(26)28-4)14(15(19)23)21-16(24)11-5-7-12(8-6-11)20-10(2)22/h5-9,13-14H,1-4H3,(H2,19,23)(H,20,22)(H,21,24)/t9-,14+/m0/s1. The molecule has 0 spiro atoms. The summed E-state index contributed by atoms with van der Waals surface area (Å²) in [5.74, 6) is -6.17. The molecule has 0 saturated carbocycles. The van der Waals surface area contributed by atoms with Gasteiger partial charge in [0.1, 0.15) is 6.04 Å². The van der Waals surface area contributed by atoms with Crippen LogP contribution in [0.15, 0.2) is 24.3 Å². The molecular weight excluding hydrogens is 370 g/mol. The Morgan fingerprint density at radius 2 is 1.46 bits per heavy atom. The third kappa shape index (κ3) is 5.79. The maximum atomic E-state index is 12.5. The Morgan fingerprint density at radius 3 is 1.86 bits per heavy atom. The molecule has 3 amide bonds. The Labute approximate surface area is 161 Å². The number of ether oxygens (including phenoxy) is 2. The maximum absolute atomic E-state index is 12.5. The van der Waals surface area contributed by atoms with E-state index in [1.165, 1.54) is 38.1 Å². The van der Waals surface area contributed by atoms with E-state index in [1.54, 1.807) is 0 Å². The van der Waals surface area contributed by atoms with E-state index in [4.69, 9.17) is 5.73 Å². The molecule has 10 nitrogen and oxygen atoms in total. The van der Waals surface area contributed by atoms with Crippen LogP contribution in [0.4, 0.5) is 5.69 Å². The minimum Gasteiger partial charge on any atom is -0.468 e. The highest BCUT2D eigenvalue weighted by Crippen LogP contribution is 2.20. The number of hydrogen-bond donors (Lipinski definition) is 3. The normalized spacial score (nSPS) is 12.5. The van der Waals surface area contributed by atoms with Crippen LogP contribution < -0.4 is 16.4 Å². The van der Waals surface area contributed by atoms with E-state index in [9.17, 15) is 24.0 Å². The van der Waals surface area contributed by atoms with Gasteiger partial charge in [-0.15, -0.1) is 0 Å². The quantitative estimate of drug-likeness (QED) is 0.409. The molecule has 2 atom stereocenters. The molecular formula is C18H23N3O7. The monoisotopic (exact) mass is 393 g/mol. The maximum Gasteiger partial charge on any atom is 0.320 e. The van der Waals surface area contributed by atoms with E-state index in [0.29, 0.717) is 5.69 Å². The van der Waals surface area contributed by atoms with Crippen molar-refractivity contribution < 1.29 is 33.4 Å². The van der Waals surface area contributed by atoms with Crippen LogP contribution in [0.1, 0.15) is 24.2 Å². The Hall–Kier alpha value is -3.43. The van der Waals surface area contributed by atoms with Crippen molar-refractivity contribution in [3.8, 4) is 0 Å². The molecule has 0 aliphatic carbocycles. The van der Waals surface area contributed by atoms with Gasteiger partial charge in [0.25, 0.3) is 5.91 Å². The molecule has 0 aliphatic rings. The topological polar surface area (TPSA) is 154 Å². The van der Waals surface area contributed by atoms with Crippen molar-refractivity contribution >= 4 is 35.3 Å². The number of benzene rings is 1. The number of amides is 3. The van der Waals surface area contributed by atoms with Crippen molar-refractivity contribution in [2.75, 3.05) is 19.5 Å². The molecule has 0 aliphatic heterocycles. The number of nitrogens with two attached hydrogens (primary N) is 1. The first-order valence-corrected chi connectivity index (χ1v) is 8.25. The SMILES string of the molecule is COC(=O)C(C(=O)OC)[C@H](C)[C@@H](NC(=O)c1ccc(NC(C)=O)cc1)C(N)=O. The lowest BCUT2D eigenvalue weighted by molar-refractivity contribution is -0.162. The Balaban J connectivity index is 3.03. The zero-order valence-electron chi connectivity index (χ0n) is 16.0. The van der Waals surface area contributed by atoms with Gasteiger partial charge in [0.05, 0.1) is 14.2 Å². The van der Waals surface area contributed by atoms with Gasteiger partial charge in [0.15, 0.2) is 5.92 Å². The zero-order chi connectivity index (χ0) is 21.4. The molecule has 0 bridgehead atoms. The first-order valence-electron chi connectivity index (χ1n) is 8.25. The van der Waals surface area contributed by atoms with Gasteiger partial charge in [0.2, 0.25) is 11.8 Å². The van der Waals surface area contributed by atoms with Crippen LogP contribution in [0.25, 0.3) is 0 Å². The van der Waals surface area contributed by atoms with Crippen molar-refractivity contribution in [3.63, 3.8) is 0 Å². The van der Waals surface area contributed by atoms with Gasteiger partial charge in [-0.25, -0.2) is 0 Å². The van der Waals surface area contributed by atoms with E-state index in [2.05, 4.69) is 20.1 Å².